The van der Waals surface area contributed by atoms with Crippen LogP contribution in [-0.2, 0) is 13.5 Å². The number of nitrogens with zero attached hydrogens (tertiary/aromatic N) is 6. The first-order valence-electron chi connectivity index (χ1n) is 12.1. The lowest BCUT2D eigenvalue weighted by molar-refractivity contribution is 0.216. The first-order chi connectivity index (χ1) is 17.5. The molecule has 5 heterocycles. The molecule has 1 fully saturated rings. The normalized spacial score (nSPS) is 19.1. The van der Waals surface area contributed by atoms with Gasteiger partial charge < -0.3 is 5.32 Å². The van der Waals surface area contributed by atoms with Crippen molar-refractivity contribution in [3.63, 3.8) is 0 Å². The highest BCUT2D eigenvalue weighted by molar-refractivity contribution is 5.91. The van der Waals surface area contributed by atoms with Crippen molar-refractivity contribution in [2.24, 2.45) is 7.05 Å². The maximum absolute atomic E-state index is 14.0. The molecule has 4 aromatic rings. The second kappa shape index (κ2) is 8.87. The van der Waals surface area contributed by atoms with Crippen LogP contribution in [0.25, 0.3) is 16.9 Å². The number of nitrogens with one attached hydrogen (secondary N) is 2. The van der Waals surface area contributed by atoms with E-state index in [0.29, 0.717) is 5.82 Å². The van der Waals surface area contributed by atoms with Gasteiger partial charge in [0.2, 0.25) is 5.95 Å². The molecule has 0 saturated carbocycles. The number of urea groups is 1. The fourth-order valence-corrected chi connectivity index (χ4v) is 5.42. The second-order valence-electron chi connectivity index (χ2n) is 9.40. The summed E-state index contributed by atoms with van der Waals surface area (Å²) in [6.07, 6.45) is 6.91. The molecule has 0 radical (unpaired) electrons. The third-order valence-electron chi connectivity index (χ3n) is 7.13. The van der Waals surface area contributed by atoms with E-state index in [9.17, 15) is 9.18 Å². The van der Waals surface area contributed by atoms with Crippen molar-refractivity contribution in [3.8, 4) is 16.9 Å². The van der Waals surface area contributed by atoms with Gasteiger partial charge in [0, 0.05) is 43.7 Å². The molecule has 1 aromatic carbocycles. The van der Waals surface area contributed by atoms with Crippen LogP contribution in [0.3, 0.4) is 0 Å². The van der Waals surface area contributed by atoms with Gasteiger partial charge in [0.1, 0.15) is 11.5 Å². The summed E-state index contributed by atoms with van der Waals surface area (Å²) in [6, 6.07) is 10.7. The molecule has 2 aliphatic rings. The number of rotatable bonds is 4. The van der Waals surface area contributed by atoms with Crippen molar-refractivity contribution in [3.05, 3.63) is 77.6 Å². The molecule has 2 N–H and O–H groups in total. The zero-order valence-electron chi connectivity index (χ0n) is 20.1. The number of anilines is 1. The predicted octanol–water partition coefficient (Wildman–Crippen LogP) is 3.61. The standard InChI is InChI=1S/C26H27FN8O/c1-16-23(18-14-29-33(2)15-18)32-35(19-6-4-3-5-7-19)25(16)31-26(36)30-21-9-11-34-10-8-17-13-28-22(27)12-20(17)24(21)34/h3-7,12-15,21,24H,8-11H2,1-2H3,(H2,30,31,36)/t21-,24+/m1/s1. The van der Waals surface area contributed by atoms with Crippen LogP contribution in [0.4, 0.5) is 15.0 Å². The molecule has 1 saturated heterocycles. The van der Waals surface area contributed by atoms with Crippen molar-refractivity contribution in [2.75, 3.05) is 18.4 Å². The molecule has 3 aromatic heterocycles. The number of aromatic nitrogens is 5. The van der Waals surface area contributed by atoms with Gasteiger partial charge >= 0.3 is 6.03 Å². The van der Waals surface area contributed by atoms with Gasteiger partial charge in [-0.2, -0.15) is 14.6 Å². The number of hydrogen-bond acceptors (Lipinski definition) is 5. The van der Waals surface area contributed by atoms with E-state index < -0.39 is 5.95 Å². The minimum Gasteiger partial charge on any atom is -0.333 e. The summed E-state index contributed by atoms with van der Waals surface area (Å²) in [5.41, 5.74) is 5.26. The van der Waals surface area contributed by atoms with Crippen LogP contribution >= 0.6 is 0 Å². The summed E-state index contributed by atoms with van der Waals surface area (Å²) >= 11 is 0. The van der Waals surface area contributed by atoms with Gasteiger partial charge in [-0.25, -0.2) is 14.5 Å². The molecule has 0 spiro atoms. The van der Waals surface area contributed by atoms with Crippen molar-refractivity contribution in [1.82, 2.24) is 34.8 Å². The molecule has 2 aliphatic heterocycles. The summed E-state index contributed by atoms with van der Waals surface area (Å²) in [5, 5.41) is 15.3. The maximum atomic E-state index is 14.0. The van der Waals surface area contributed by atoms with E-state index in [1.165, 1.54) is 6.07 Å². The van der Waals surface area contributed by atoms with E-state index in [2.05, 4.69) is 25.6 Å². The molecule has 2 amide bonds. The lowest BCUT2D eigenvalue weighted by Gasteiger charge is -2.34. The SMILES string of the molecule is Cc1c(-c2cnn(C)c2)nn(-c2ccccc2)c1NC(=O)N[C@@H]1CCN2CCc3cnc(F)cc3[C@@H]12. The number of carbonyl (C=O) groups excluding carboxylic acids is 1. The van der Waals surface area contributed by atoms with Crippen molar-refractivity contribution >= 4 is 11.8 Å². The number of aryl methyl sites for hydroxylation is 1. The first-order valence-corrected chi connectivity index (χ1v) is 12.1. The zero-order chi connectivity index (χ0) is 24.8. The number of benzene rings is 1. The lowest BCUT2D eigenvalue weighted by Crippen LogP contribution is -2.44. The number of pyridine rings is 1. The first kappa shape index (κ1) is 22.4. The van der Waals surface area contributed by atoms with Crippen molar-refractivity contribution < 1.29 is 9.18 Å². The van der Waals surface area contributed by atoms with E-state index in [1.807, 2.05) is 50.5 Å². The van der Waals surface area contributed by atoms with Crippen LogP contribution in [0.5, 0.6) is 0 Å². The molecule has 36 heavy (non-hydrogen) atoms. The van der Waals surface area contributed by atoms with Gasteiger partial charge in [-0.15, -0.1) is 0 Å². The Morgan fingerprint density at radius 1 is 1.17 bits per heavy atom. The Balaban J connectivity index is 1.29. The topological polar surface area (TPSA) is 92.9 Å². The van der Waals surface area contributed by atoms with Crippen LogP contribution in [0.1, 0.15) is 29.2 Å². The zero-order valence-corrected chi connectivity index (χ0v) is 20.1. The third-order valence-corrected chi connectivity index (χ3v) is 7.13. The van der Waals surface area contributed by atoms with Crippen molar-refractivity contribution in [1.29, 1.82) is 0 Å². The summed E-state index contributed by atoms with van der Waals surface area (Å²) < 4.78 is 17.4. The molecule has 0 aliphatic carbocycles. The molecule has 0 unspecified atom stereocenters. The van der Waals surface area contributed by atoms with Crippen LogP contribution in [0.2, 0.25) is 0 Å². The van der Waals surface area contributed by atoms with E-state index in [-0.39, 0.29) is 18.1 Å². The van der Waals surface area contributed by atoms with Gasteiger partial charge in [0.05, 0.1) is 24.0 Å². The summed E-state index contributed by atoms with van der Waals surface area (Å²) in [7, 11) is 1.86. The molecule has 10 heteroatoms. The summed E-state index contributed by atoms with van der Waals surface area (Å²) in [6.45, 7) is 3.67. The number of carbonyl (C=O) groups is 1. The quantitative estimate of drug-likeness (QED) is 0.430. The molecular weight excluding hydrogens is 459 g/mol. The Morgan fingerprint density at radius 2 is 2.00 bits per heavy atom. The largest absolute Gasteiger partial charge is 0.333 e. The van der Waals surface area contributed by atoms with Gasteiger partial charge in [0.25, 0.3) is 0 Å². The summed E-state index contributed by atoms with van der Waals surface area (Å²) in [5.74, 6) is 0.0997. The maximum Gasteiger partial charge on any atom is 0.320 e. The smallest absolute Gasteiger partial charge is 0.320 e. The monoisotopic (exact) mass is 486 g/mol. The third kappa shape index (κ3) is 3.93. The fourth-order valence-electron chi connectivity index (χ4n) is 5.42. The molecule has 6 rings (SSSR count). The average Bonchev–Trinajstić information content (AvgIpc) is 3.57. The highest BCUT2D eigenvalue weighted by Crippen LogP contribution is 2.38. The Kier molecular flexibility index (Phi) is 5.52. The second-order valence-corrected chi connectivity index (χ2v) is 9.40. The van der Waals surface area contributed by atoms with Gasteiger partial charge in [-0.1, -0.05) is 18.2 Å². The van der Waals surface area contributed by atoms with E-state index in [4.69, 9.17) is 5.10 Å². The number of para-hydroxylation sites is 1. The van der Waals surface area contributed by atoms with E-state index in [1.54, 1.807) is 21.8 Å². The van der Waals surface area contributed by atoms with E-state index >= 15 is 0 Å². The Hall–Kier alpha value is -4.05. The van der Waals surface area contributed by atoms with Crippen molar-refractivity contribution in [2.45, 2.75) is 31.8 Å². The van der Waals surface area contributed by atoms with Gasteiger partial charge in [-0.3, -0.25) is 14.9 Å². The number of hydrogen-bond donors (Lipinski definition) is 2. The Bertz CT molecular complexity index is 1430. The molecule has 0 bridgehead atoms. The highest BCUT2D eigenvalue weighted by atomic mass is 19.1. The molecular formula is C26H27FN8O. The van der Waals surface area contributed by atoms with Crippen LogP contribution < -0.4 is 10.6 Å². The Labute approximate surface area is 207 Å². The Morgan fingerprint density at radius 3 is 2.78 bits per heavy atom. The van der Waals surface area contributed by atoms with E-state index in [0.717, 1.165) is 59.6 Å². The molecule has 9 nitrogen and oxygen atoms in total. The lowest BCUT2D eigenvalue weighted by atomic mass is 9.92. The van der Waals surface area contributed by atoms with Crippen LogP contribution in [0.15, 0.2) is 55.0 Å². The van der Waals surface area contributed by atoms with Crippen LogP contribution in [0, 0.1) is 12.9 Å². The fraction of sp³-hybridized carbons (Fsp3) is 0.308. The average molecular weight is 487 g/mol. The van der Waals surface area contributed by atoms with Gasteiger partial charge in [-0.05, 0) is 49.1 Å². The number of fused-ring (bicyclic) bond motifs is 3. The number of halogens is 1. The molecule has 184 valence electrons. The molecule has 2 atom stereocenters. The van der Waals surface area contributed by atoms with Gasteiger partial charge in [0.15, 0.2) is 0 Å². The minimum atomic E-state index is -0.490. The highest BCUT2D eigenvalue weighted by Gasteiger charge is 2.40. The van der Waals surface area contributed by atoms with Crippen LogP contribution in [-0.4, -0.2) is 54.6 Å². The predicted molar refractivity (Wildman–Crippen MR) is 133 cm³/mol. The summed E-state index contributed by atoms with van der Waals surface area (Å²) in [4.78, 5) is 19.5. The minimum absolute atomic E-state index is 0.0666. The number of amides is 2.